The number of aromatic nitrogens is 2. The molecule has 0 N–H and O–H groups in total. The molecule has 0 unspecified atom stereocenters. The molecule has 0 fully saturated rings. The van der Waals surface area contributed by atoms with E-state index in [1.807, 2.05) is 72.8 Å². The topological polar surface area (TPSA) is 184 Å². The molecule has 0 saturated carbocycles. The first-order valence-corrected chi connectivity index (χ1v) is 27.6. The van der Waals surface area contributed by atoms with Gasteiger partial charge in [-0.05, 0) is 157 Å². The quantitative estimate of drug-likeness (QED) is 0.0956. The monoisotopic (exact) mass is 1120 g/mol. The second-order valence-corrected chi connectivity index (χ2v) is 21.5. The summed E-state index contributed by atoms with van der Waals surface area (Å²) in [7, 11) is 0. The van der Waals surface area contributed by atoms with Crippen LogP contribution >= 0.6 is 0 Å². The van der Waals surface area contributed by atoms with Gasteiger partial charge in [0.05, 0.1) is 78.6 Å². The Kier molecular flexibility index (Phi) is 10.8. The van der Waals surface area contributed by atoms with Crippen molar-refractivity contribution in [1.82, 2.24) is 9.13 Å². The third-order valence-electron chi connectivity index (χ3n) is 16.7. The summed E-state index contributed by atoms with van der Waals surface area (Å²) < 4.78 is 4.21. The number of hydrogen-bond donors (Lipinski definition) is 0. The van der Waals surface area contributed by atoms with Crippen LogP contribution in [0.2, 0.25) is 0 Å². The van der Waals surface area contributed by atoms with Gasteiger partial charge in [0.2, 0.25) is 0 Å². The van der Waals surface area contributed by atoms with Gasteiger partial charge >= 0.3 is 0 Å². The highest BCUT2D eigenvalue weighted by atomic mass is 16.2. The maximum atomic E-state index is 13.7. The largest absolute Gasteiger partial charge is 0.336 e. The van der Waals surface area contributed by atoms with Gasteiger partial charge in [0.15, 0.2) is 0 Å². The zero-order valence-corrected chi connectivity index (χ0v) is 45.0. The van der Waals surface area contributed by atoms with E-state index in [1.54, 1.807) is 146 Å². The van der Waals surface area contributed by atoms with E-state index in [1.165, 1.54) is 19.6 Å². The summed E-state index contributed by atoms with van der Waals surface area (Å²) in [5.74, 6) is -3.44. The van der Waals surface area contributed by atoms with Gasteiger partial charge in [0.25, 0.3) is 47.3 Å². The van der Waals surface area contributed by atoms with Gasteiger partial charge < -0.3 is 9.13 Å². The molecule has 10 aromatic carbocycles. The second-order valence-electron chi connectivity index (χ2n) is 21.5. The molecule has 408 valence electrons. The Morgan fingerprint density at radius 3 is 0.709 bits per heavy atom. The lowest BCUT2D eigenvalue weighted by atomic mass is 10.1. The van der Waals surface area contributed by atoms with Crippen LogP contribution in [0.15, 0.2) is 229 Å². The van der Waals surface area contributed by atoms with E-state index in [-0.39, 0.29) is 0 Å². The van der Waals surface area contributed by atoms with Crippen molar-refractivity contribution < 1.29 is 38.4 Å². The Hall–Kier alpha value is -12.0. The van der Waals surface area contributed by atoms with Crippen molar-refractivity contribution in [3.05, 3.63) is 274 Å². The molecule has 0 aliphatic carbocycles. The number of imide groups is 4. The summed E-state index contributed by atoms with van der Waals surface area (Å²) in [6.45, 7) is 0.714. The molecule has 16 nitrogen and oxygen atoms in total. The summed E-state index contributed by atoms with van der Waals surface area (Å²) in [6.07, 6.45) is 0. The molecule has 4 aliphatic heterocycles. The van der Waals surface area contributed by atoms with Crippen LogP contribution in [-0.4, -0.2) is 56.4 Å². The molecule has 16 heteroatoms. The summed E-state index contributed by atoms with van der Waals surface area (Å²) >= 11 is 0. The number of nitrogens with zero attached hydrogens (tertiary/aromatic N) is 8. The molecule has 2 aromatic heterocycles. The lowest BCUT2D eigenvalue weighted by Gasteiger charge is -2.15. The van der Waals surface area contributed by atoms with E-state index < -0.39 is 47.3 Å². The van der Waals surface area contributed by atoms with Crippen LogP contribution < -0.4 is 19.6 Å². The lowest BCUT2D eigenvalue weighted by Crippen LogP contribution is -2.29. The maximum absolute atomic E-state index is 13.7. The molecule has 0 spiro atoms. The zero-order chi connectivity index (χ0) is 58.2. The number of amides is 8. The predicted molar refractivity (Wildman–Crippen MR) is 324 cm³/mol. The number of azo groups is 1. The lowest BCUT2D eigenvalue weighted by molar-refractivity contribution is 0.0910. The minimum absolute atomic E-state index is 0.319. The van der Waals surface area contributed by atoms with Gasteiger partial charge in [0, 0.05) is 56.7 Å². The Morgan fingerprint density at radius 1 is 0.244 bits per heavy atom. The molecular weight excluding hydrogens is 1080 g/mol. The molecule has 16 rings (SSSR count). The number of benzene rings is 10. The van der Waals surface area contributed by atoms with E-state index in [0.717, 1.165) is 33.2 Å². The number of carbonyl (C=O) groups excluding carboxylic acids is 8. The van der Waals surface area contributed by atoms with Crippen molar-refractivity contribution in [3.63, 3.8) is 0 Å². The van der Waals surface area contributed by atoms with E-state index in [2.05, 4.69) is 9.13 Å². The van der Waals surface area contributed by atoms with Gasteiger partial charge in [-0.2, -0.15) is 10.2 Å². The Labute approximate surface area is 487 Å². The molecule has 12 aromatic rings. The van der Waals surface area contributed by atoms with Gasteiger partial charge in [-0.25, -0.2) is 19.6 Å². The highest BCUT2D eigenvalue weighted by Crippen LogP contribution is 2.42. The third kappa shape index (κ3) is 7.42. The van der Waals surface area contributed by atoms with Crippen LogP contribution in [0.3, 0.4) is 0 Å². The van der Waals surface area contributed by atoms with Crippen LogP contribution in [0.25, 0.3) is 43.6 Å². The van der Waals surface area contributed by atoms with Gasteiger partial charge in [-0.3, -0.25) is 38.4 Å². The molecule has 6 heterocycles. The van der Waals surface area contributed by atoms with Crippen LogP contribution in [0.4, 0.5) is 34.1 Å². The predicted octanol–water partition coefficient (Wildman–Crippen LogP) is 13.6. The van der Waals surface area contributed by atoms with Gasteiger partial charge in [-0.15, -0.1) is 0 Å². The summed E-state index contributed by atoms with van der Waals surface area (Å²) in [4.78, 5) is 115. The fourth-order valence-corrected chi connectivity index (χ4v) is 12.7. The standard InChI is InChI=1S/C70H40N8O8/c79-63-47-15-1-2-16-48(47)64(80)75(63)43-23-27-59-55(33-43)56-34-44(76-65(81)49-17-3-4-18-50(49)66(76)82)24-28-60(56)73(59)37-39-11-9-13-41(31-39)71-72-42-14-10-12-40(32-42)38-74-61-29-25-45(77-67(83)51-19-5-6-20-52(51)68(77)84)35-57(61)58-36-46(26-30-62(58)74)78-69(85)53-21-7-8-22-54(53)70(78)86/h1-36H,37-38H2. The molecule has 0 radical (unpaired) electrons. The summed E-state index contributed by atoms with van der Waals surface area (Å²) in [6, 6.07) is 63.9. The minimum atomic E-state index is -0.430. The van der Waals surface area contributed by atoms with Crippen molar-refractivity contribution in [1.29, 1.82) is 0 Å². The average Bonchev–Trinajstić information content (AvgIpc) is 1.72. The molecule has 0 bridgehead atoms. The smallest absolute Gasteiger partial charge is 0.266 e. The Balaban J connectivity index is 0.722. The first kappa shape index (κ1) is 49.7. The van der Waals surface area contributed by atoms with Crippen molar-refractivity contribution in [2.24, 2.45) is 10.2 Å². The van der Waals surface area contributed by atoms with E-state index in [4.69, 9.17) is 10.2 Å². The van der Waals surface area contributed by atoms with Crippen molar-refractivity contribution >= 4 is 125 Å². The fraction of sp³-hybridized carbons (Fsp3) is 0.0286. The third-order valence-corrected chi connectivity index (χ3v) is 16.7. The van der Waals surface area contributed by atoms with Crippen LogP contribution in [-0.2, 0) is 13.1 Å². The fourth-order valence-electron chi connectivity index (χ4n) is 12.7. The number of hydrogen-bond acceptors (Lipinski definition) is 10. The first-order valence-electron chi connectivity index (χ1n) is 27.6. The highest BCUT2D eigenvalue weighted by Gasteiger charge is 2.40. The van der Waals surface area contributed by atoms with E-state index in [9.17, 15) is 38.4 Å². The van der Waals surface area contributed by atoms with Crippen molar-refractivity contribution in [3.8, 4) is 0 Å². The molecular formula is C70H40N8O8. The van der Waals surface area contributed by atoms with E-state index >= 15 is 0 Å². The van der Waals surface area contributed by atoms with Crippen LogP contribution in [0.5, 0.6) is 0 Å². The average molecular weight is 1120 g/mol. The van der Waals surface area contributed by atoms with Crippen molar-refractivity contribution in [2.45, 2.75) is 13.1 Å². The van der Waals surface area contributed by atoms with Crippen LogP contribution in [0, 0.1) is 0 Å². The number of fused-ring (bicyclic) bond motifs is 10. The summed E-state index contributed by atoms with van der Waals surface area (Å²) in [5.41, 5.74) is 10.1. The molecule has 4 aliphatic rings. The first-order chi connectivity index (χ1) is 42.0. The molecule has 8 amide bonds. The van der Waals surface area contributed by atoms with Gasteiger partial charge in [-0.1, -0.05) is 72.8 Å². The molecule has 0 atom stereocenters. The van der Waals surface area contributed by atoms with Gasteiger partial charge in [0.1, 0.15) is 0 Å². The number of rotatable bonds is 10. The van der Waals surface area contributed by atoms with E-state index in [0.29, 0.717) is 113 Å². The SMILES string of the molecule is O=C1c2ccccc2C(=O)N1c1ccc2c(c1)c1cc(N3C(=O)c4ccccc4C3=O)ccc1n2Cc1cccc(N=Nc2cccc(Cn3c4ccc(N5C(=O)c6ccccc6C5=O)cc4c4cc(N5C(=O)c6ccccc6C5=O)ccc43)c2)c1. The second kappa shape index (κ2) is 18.7. The molecule has 86 heavy (non-hydrogen) atoms. The van der Waals surface area contributed by atoms with Crippen molar-refractivity contribution in [2.75, 3.05) is 19.6 Å². The molecule has 0 saturated heterocycles. The maximum Gasteiger partial charge on any atom is 0.266 e. The number of carbonyl (C=O) groups is 8. The Bertz CT molecular complexity index is 4460. The highest BCUT2D eigenvalue weighted by molar-refractivity contribution is 6.38. The minimum Gasteiger partial charge on any atom is -0.336 e. The summed E-state index contributed by atoms with van der Waals surface area (Å²) in [5, 5.41) is 12.2. The normalized spacial score (nSPS) is 14.7. The zero-order valence-electron chi connectivity index (χ0n) is 45.0. The van der Waals surface area contributed by atoms with Crippen LogP contribution in [0.1, 0.15) is 94.0 Å². The Morgan fingerprint density at radius 2 is 0.477 bits per heavy atom. The number of anilines is 4.